The fourth-order valence-electron chi connectivity index (χ4n) is 1.87. The molecular formula is C17H26N2O5S. The number of esters is 1. The van der Waals surface area contributed by atoms with Gasteiger partial charge >= 0.3 is 5.97 Å². The molecule has 0 saturated carbocycles. The molecule has 0 unspecified atom stereocenters. The van der Waals surface area contributed by atoms with E-state index in [0.717, 1.165) is 5.56 Å². The lowest BCUT2D eigenvalue weighted by molar-refractivity contribution is -0.156. The molecule has 0 aliphatic rings. The maximum atomic E-state index is 12.3. The molecule has 2 N–H and O–H groups in total. The lowest BCUT2D eigenvalue weighted by Gasteiger charge is -2.24. The number of sulfonamides is 1. The van der Waals surface area contributed by atoms with Crippen LogP contribution in [0.3, 0.4) is 0 Å². The Labute approximate surface area is 149 Å². The lowest BCUT2D eigenvalue weighted by atomic mass is 10.1. The molecule has 0 fully saturated rings. The highest BCUT2D eigenvalue weighted by atomic mass is 32.2. The highest BCUT2D eigenvalue weighted by molar-refractivity contribution is 7.89. The van der Waals surface area contributed by atoms with Crippen LogP contribution in [0.4, 0.5) is 0 Å². The molecule has 0 aliphatic carbocycles. The first-order valence-corrected chi connectivity index (χ1v) is 9.41. The average molecular weight is 370 g/mol. The zero-order chi connectivity index (χ0) is 19.4. The smallest absolute Gasteiger partial charge is 0.324 e. The van der Waals surface area contributed by atoms with E-state index in [1.165, 1.54) is 26.0 Å². The summed E-state index contributed by atoms with van der Waals surface area (Å²) in [7, 11) is -3.86. The van der Waals surface area contributed by atoms with E-state index in [9.17, 15) is 18.0 Å². The van der Waals surface area contributed by atoms with Crippen molar-refractivity contribution in [3.63, 3.8) is 0 Å². The summed E-state index contributed by atoms with van der Waals surface area (Å²) in [4.78, 5) is 24.0. The van der Waals surface area contributed by atoms with E-state index in [1.807, 2.05) is 6.92 Å². The van der Waals surface area contributed by atoms with E-state index >= 15 is 0 Å². The molecule has 1 aromatic rings. The predicted octanol–water partition coefficient (Wildman–Crippen LogP) is 1.51. The molecule has 25 heavy (non-hydrogen) atoms. The number of carbonyl (C=O) groups is 2. The molecule has 0 aliphatic heterocycles. The van der Waals surface area contributed by atoms with Crippen LogP contribution in [-0.2, 0) is 24.3 Å². The Morgan fingerprint density at radius 2 is 1.60 bits per heavy atom. The van der Waals surface area contributed by atoms with Crippen LogP contribution in [0.1, 0.15) is 40.2 Å². The van der Waals surface area contributed by atoms with Crippen LogP contribution in [0.15, 0.2) is 29.2 Å². The third-order valence-electron chi connectivity index (χ3n) is 3.18. The van der Waals surface area contributed by atoms with Crippen molar-refractivity contribution in [3.8, 4) is 0 Å². The van der Waals surface area contributed by atoms with Gasteiger partial charge in [-0.2, -0.15) is 4.72 Å². The van der Waals surface area contributed by atoms with Crippen molar-refractivity contribution in [2.45, 2.75) is 64.1 Å². The van der Waals surface area contributed by atoms with Crippen molar-refractivity contribution >= 4 is 21.9 Å². The number of ether oxygens (including phenoxy) is 1. The van der Waals surface area contributed by atoms with E-state index < -0.39 is 39.6 Å². The molecule has 0 spiro atoms. The van der Waals surface area contributed by atoms with Gasteiger partial charge < -0.3 is 10.1 Å². The summed E-state index contributed by atoms with van der Waals surface area (Å²) in [5.41, 5.74) is 0.459. The second kappa shape index (κ2) is 7.97. The van der Waals surface area contributed by atoms with Gasteiger partial charge in [-0.25, -0.2) is 8.42 Å². The topological polar surface area (TPSA) is 102 Å². The summed E-state index contributed by atoms with van der Waals surface area (Å²) in [6.45, 7) is 10.0. The first-order chi connectivity index (χ1) is 11.3. The van der Waals surface area contributed by atoms with Crippen LogP contribution in [0.25, 0.3) is 0 Å². The molecule has 1 rings (SSSR count). The summed E-state index contributed by atoms with van der Waals surface area (Å²) in [6.07, 6.45) is -1.03. The van der Waals surface area contributed by atoms with E-state index in [4.69, 9.17) is 4.74 Å². The van der Waals surface area contributed by atoms with Crippen molar-refractivity contribution in [2.24, 2.45) is 0 Å². The van der Waals surface area contributed by atoms with Gasteiger partial charge in [0.2, 0.25) is 10.0 Å². The standard InChI is InChI=1S/C17H26N2O5S/c1-11-7-9-14(10-8-11)25(22,23)19-12(2)16(21)24-13(3)15(20)18-17(4,5)6/h7-10,12-13,19H,1-6H3,(H,18,20)/t12-,13-/m0/s1. The Kier molecular flexibility index (Phi) is 6.73. The molecule has 2 atom stereocenters. The molecule has 0 heterocycles. The Balaban J connectivity index is 2.70. The molecule has 0 saturated heterocycles. The highest BCUT2D eigenvalue weighted by Crippen LogP contribution is 2.11. The normalized spacial score (nSPS) is 14.5. The van der Waals surface area contributed by atoms with E-state index in [2.05, 4.69) is 10.0 Å². The summed E-state index contributed by atoms with van der Waals surface area (Å²) < 4.78 is 31.8. The van der Waals surface area contributed by atoms with Crippen molar-refractivity contribution in [3.05, 3.63) is 29.8 Å². The number of rotatable bonds is 6. The zero-order valence-electron chi connectivity index (χ0n) is 15.4. The van der Waals surface area contributed by atoms with Gasteiger partial charge in [0.1, 0.15) is 6.04 Å². The Bertz CT molecular complexity index is 720. The number of aryl methyl sites for hydroxylation is 1. The summed E-state index contributed by atoms with van der Waals surface area (Å²) in [6, 6.07) is 5.10. The summed E-state index contributed by atoms with van der Waals surface area (Å²) >= 11 is 0. The van der Waals surface area contributed by atoms with E-state index in [-0.39, 0.29) is 4.90 Å². The molecule has 1 aromatic carbocycles. The monoisotopic (exact) mass is 370 g/mol. The molecule has 140 valence electrons. The van der Waals surface area contributed by atoms with Gasteiger partial charge in [-0.3, -0.25) is 9.59 Å². The Hall–Kier alpha value is -1.93. The maximum Gasteiger partial charge on any atom is 0.324 e. The van der Waals surface area contributed by atoms with Crippen LogP contribution >= 0.6 is 0 Å². The minimum atomic E-state index is -3.86. The number of carbonyl (C=O) groups excluding carboxylic acids is 2. The van der Waals surface area contributed by atoms with Crippen molar-refractivity contribution in [1.82, 2.24) is 10.0 Å². The van der Waals surface area contributed by atoms with Crippen LogP contribution in [0.2, 0.25) is 0 Å². The number of hydrogen-bond donors (Lipinski definition) is 2. The average Bonchev–Trinajstić information content (AvgIpc) is 2.45. The molecule has 8 heteroatoms. The second-order valence-electron chi connectivity index (χ2n) is 6.97. The van der Waals surface area contributed by atoms with Gasteiger partial charge in [-0.1, -0.05) is 17.7 Å². The zero-order valence-corrected chi connectivity index (χ0v) is 16.2. The minimum Gasteiger partial charge on any atom is -0.451 e. The second-order valence-corrected chi connectivity index (χ2v) is 8.69. The van der Waals surface area contributed by atoms with Crippen LogP contribution in [0.5, 0.6) is 0 Å². The molecular weight excluding hydrogens is 344 g/mol. The summed E-state index contributed by atoms with van der Waals surface area (Å²) in [5, 5.41) is 2.69. The Morgan fingerprint density at radius 3 is 2.08 bits per heavy atom. The van der Waals surface area contributed by atoms with Gasteiger partial charge in [-0.05, 0) is 53.7 Å². The van der Waals surface area contributed by atoms with Gasteiger partial charge in [0.15, 0.2) is 6.10 Å². The quantitative estimate of drug-likeness (QED) is 0.739. The number of benzene rings is 1. The first kappa shape index (κ1) is 21.1. The highest BCUT2D eigenvalue weighted by Gasteiger charge is 2.27. The minimum absolute atomic E-state index is 0.0521. The maximum absolute atomic E-state index is 12.3. The molecule has 7 nitrogen and oxygen atoms in total. The Morgan fingerprint density at radius 1 is 1.08 bits per heavy atom. The number of nitrogens with one attached hydrogen (secondary N) is 2. The fraction of sp³-hybridized carbons (Fsp3) is 0.529. The van der Waals surface area contributed by atoms with E-state index in [0.29, 0.717) is 0 Å². The largest absolute Gasteiger partial charge is 0.451 e. The summed E-state index contributed by atoms with van der Waals surface area (Å²) in [5.74, 6) is -1.28. The van der Waals surface area contributed by atoms with Gasteiger partial charge in [0.05, 0.1) is 4.90 Å². The predicted molar refractivity (Wildman–Crippen MR) is 94.4 cm³/mol. The third-order valence-corrected chi connectivity index (χ3v) is 4.73. The number of amides is 1. The van der Waals surface area contributed by atoms with Crippen LogP contribution in [0, 0.1) is 6.92 Å². The fourth-order valence-corrected chi connectivity index (χ4v) is 3.06. The van der Waals surface area contributed by atoms with Gasteiger partial charge in [0, 0.05) is 5.54 Å². The lowest BCUT2D eigenvalue weighted by Crippen LogP contribution is -2.48. The molecule has 0 radical (unpaired) electrons. The van der Waals surface area contributed by atoms with Crippen molar-refractivity contribution in [1.29, 1.82) is 0 Å². The van der Waals surface area contributed by atoms with E-state index in [1.54, 1.807) is 32.9 Å². The van der Waals surface area contributed by atoms with Crippen molar-refractivity contribution in [2.75, 3.05) is 0 Å². The SMILES string of the molecule is Cc1ccc(S(=O)(=O)N[C@@H](C)C(=O)O[C@@H](C)C(=O)NC(C)(C)C)cc1. The third kappa shape index (κ3) is 6.83. The first-order valence-electron chi connectivity index (χ1n) is 7.93. The molecule has 1 amide bonds. The van der Waals surface area contributed by atoms with Gasteiger partial charge in [0.25, 0.3) is 5.91 Å². The van der Waals surface area contributed by atoms with Crippen LogP contribution < -0.4 is 10.0 Å². The number of hydrogen-bond acceptors (Lipinski definition) is 5. The van der Waals surface area contributed by atoms with Crippen LogP contribution in [-0.4, -0.2) is 38.0 Å². The molecule has 0 bridgehead atoms. The van der Waals surface area contributed by atoms with Gasteiger partial charge in [-0.15, -0.1) is 0 Å². The molecule has 0 aromatic heterocycles. The van der Waals surface area contributed by atoms with Crippen molar-refractivity contribution < 1.29 is 22.7 Å².